The zero-order chi connectivity index (χ0) is 62.3. The normalized spacial score (nSPS) is 34.1. The van der Waals surface area contributed by atoms with E-state index < -0.39 is 74.5 Å². The van der Waals surface area contributed by atoms with Crippen LogP contribution in [0.3, 0.4) is 0 Å². The Bertz CT molecular complexity index is 2390. The predicted molar refractivity (Wildman–Crippen MR) is 321 cm³/mol. The summed E-state index contributed by atoms with van der Waals surface area (Å²) in [4.78, 5) is 102. The number of rotatable bonds is 26. The average molecular weight is 1210 g/mol. The summed E-state index contributed by atoms with van der Waals surface area (Å²) in [5.41, 5.74) is -0.243. The number of nitrogens with zero attached hydrogens (tertiary/aromatic N) is 3. The summed E-state index contributed by atoms with van der Waals surface area (Å²) >= 11 is 0. The summed E-state index contributed by atoms with van der Waals surface area (Å²) in [6.07, 6.45) is 10.1. The van der Waals surface area contributed by atoms with Crippen molar-refractivity contribution in [3.05, 3.63) is 12.2 Å². The van der Waals surface area contributed by atoms with Gasteiger partial charge in [-0.3, -0.25) is 33.1 Å². The fourth-order valence-electron chi connectivity index (χ4n) is 19.3. The van der Waals surface area contributed by atoms with Gasteiger partial charge in [-0.25, -0.2) is 9.13 Å². The zero-order valence-corrected chi connectivity index (χ0v) is 55.1. The van der Waals surface area contributed by atoms with Crippen LogP contribution in [0.4, 0.5) is 0 Å². The molecule has 478 valence electrons. The number of carbonyl (C=O) groups is 4. The van der Waals surface area contributed by atoms with Gasteiger partial charge < -0.3 is 50.2 Å². The van der Waals surface area contributed by atoms with E-state index in [2.05, 4.69) is 45.3 Å². The molecular formula is C62H111N5O14P2. The van der Waals surface area contributed by atoms with E-state index in [0.29, 0.717) is 51.1 Å². The molecule has 1 aliphatic heterocycles. The van der Waals surface area contributed by atoms with Gasteiger partial charge in [0.25, 0.3) is 0 Å². The summed E-state index contributed by atoms with van der Waals surface area (Å²) in [6, 6.07) is -2.25. The number of phosphoric ester groups is 2. The maximum Gasteiger partial charge on any atom is 0.469 e. The Kier molecular flexibility index (Phi) is 22.6. The molecule has 8 N–H and O–H groups in total. The first kappa shape index (κ1) is 69.8. The smallest absolute Gasteiger partial charge is 0.396 e. The molecule has 0 bridgehead atoms. The Morgan fingerprint density at radius 2 is 1.43 bits per heavy atom. The van der Waals surface area contributed by atoms with E-state index >= 15 is 0 Å². The lowest BCUT2D eigenvalue weighted by molar-refractivity contribution is -0.248. The molecule has 1 heterocycles. The highest BCUT2D eigenvalue weighted by Gasteiger charge is 2.71. The molecule has 3 unspecified atom stereocenters. The summed E-state index contributed by atoms with van der Waals surface area (Å²) in [7, 11) is -4.11. The van der Waals surface area contributed by atoms with Crippen molar-refractivity contribution in [3.8, 4) is 0 Å². The number of aliphatic hydroxyl groups excluding tert-OH is 2. The number of likely N-dealkylation sites (tertiary alicyclic amines) is 1. The molecule has 5 saturated carbocycles. The number of fused-ring (bicyclic) bond motifs is 7. The van der Waals surface area contributed by atoms with Crippen LogP contribution in [0.15, 0.2) is 12.2 Å². The number of phosphoric acid groups is 2. The van der Waals surface area contributed by atoms with E-state index in [9.17, 15) is 58.1 Å². The Morgan fingerprint density at radius 3 is 2.00 bits per heavy atom. The highest BCUT2D eigenvalue weighted by Crippen LogP contribution is 2.78. The van der Waals surface area contributed by atoms with E-state index in [-0.39, 0.29) is 108 Å². The number of hydrogen-bond donors (Lipinski definition) is 8. The molecule has 0 radical (unpaired) electrons. The van der Waals surface area contributed by atoms with Crippen molar-refractivity contribution < 1.29 is 67.1 Å². The second kappa shape index (κ2) is 26.8. The Balaban J connectivity index is 1.13. The monoisotopic (exact) mass is 1210 g/mol. The lowest BCUT2D eigenvalue weighted by Gasteiger charge is -2.73. The molecule has 5 aliphatic carbocycles. The van der Waals surface area contributed by atoms with E-state index in [1.54, 1.807) is 23.8 Å². The van der Waals surface area contributed by atoms with Gasteiger partial charge in [-0.05, 0) is 172 Å². The third-order valence-electron chi connectivity index (χ3n) is 23.8. The molecule has 18 atom stereocenters. The number of hydrogen-bond acceptors (Lipinski definition) is 11. The van der Waals surface area contributed by atoms with Crippen molar-refractivity contribution in [3.63, 3.8) is 0 Å². The van der Waals surface area contributed by atoms with Gasteiger partial charge in [-0.2, -0.15) is 0 Å². The molecule has 1 saturated heterocycles. The van der Waals surface area contributed by atoms with Crippen LogP contribution in [0, 0.1) is 92.2 Å². The van der Waals surface area contributed by atoms with Crippen LogP contribution in [0.2, 0.25) is 0 Å². The largest absolute Gasteiger partial charge is 0.469 e. The molecule has 6 aliphatic rings. The van der Waals surface area contributed by atoms with Gasteiger partial charge in [0.2, 0.25) is 23.6 Å². The lowest BCUT2D eigenvalue weighted by Crippen LogP contribution is -2.67. The van der Waals surface area contributed by atoms with Crippen LogP contribution in [-0.4, -0.2) is 152 Å². The summed E-state index contributed by atoms with van der Waals surface area (Å²) in [6.45, 7) is 29.8. The highest BCUT2D eigenvalue weighted by atomic mass is 31.2. The molecular weight excluding hydrogens is 1100 g/mol. The first-order chi connectivity index (χ1) is 38.4. The van der Waals surface area contributed by atoms with Crippen molar-refractivity contribution in [2.45, 2.75) is 210 Å². The van der Waals surface area contributed by atoms with Crippen molar-refractivity contribution in [1.29, 1.82) is 0 Å². The zero-order valence-electron chi connectivity index (χ0n) is 53.3. The molecule has 6 fully saturated rings. The molecule has 19 nitrogen and oxygen atoms in total. The topological polar surface area (TPSA) is 276 Å². The molecule has 83 heavy (non-hydrogen) atoms. The summed E-state index contributed by atoms with van der Waals surface area (Å²) in [5, 5.41) is 28.2. The highest BCUT2D eigenvalue weighted by molar-refractivity contribution is 7.46. The van der Waals surface area contributed by atoms with Crippen LogP contribution >= 0.6 is 15.6 Å². The Hall–Kier alpha value is -2.28. The SMILES string of the molecule is C=C(CCNC(=O)[C@H](C)[C@@H](CO)C1CCCN1C(=O)C[C@@H](CO)[C@H]([C@@H](C)CC)N(C)C(=O)[C@@H](NC(=O)[C@H](C(C)C)N(C)C)C(C)C)[C@@H]1CC[C@]2(COP(=O)(O)O)CC[C@]3(C)C(CCC4[C@@]5(C)CC[C@H](OP(=O)(O)O)C(C)(C)[C@@H]5CC[C@]43C)[C@@H]12. The molecule has 21 heteroatoms. The van der Waals surface area contributed by atoms with Crippen LogP contribution in [0.5, 0.6) is 0 Å². The minimum absolute atomic E-state index is 0.000401. The Morgan fingerprint density at radius 1 is 0.771 bits per heavy atom. The molecule has 4 amide bonds. The standard InChI is InChI=1S/C62H111N5O14P2/c1-17-39(6)54(66(16)57(73)52(37(2)3)64-56(72)53(38(4)5)65(14)15)42(34-68)33-50(70)67-32-18-19-46(67)44(35-69)41(8)55(71)63-31-25-40(7)43-22-28-62(36-80-82(74,75)76)30-29-60(12)45(51(43)62)20-21-48-59(11)26-24-49(81-83(77,78)79)58(9,10)47(59)23-27-61(48,60)13/h37-39,41-49,51-54,68-69H,7,17-36H2,1-6,8-16H3,(H,63,71)(H,64,72)(H2,74,75,76)(H2,77,78,79)/t39-,41+,42-,43-,44+,45?,46?,47-,48?,49-,51+,52-,53-,54-,59-,60+,61+,62+/m0/s1. The fraction of sp³-hybridized carbons (Fsp3) is 0.903. The third kappa shape index (κ3) is 14.1. The van der Waals surface area contributed by atoms with E-state index in [0.717, 1.165) is 63.4 Å². The van der Waals surface area contributed by atoms with E-state index in [1.807, 2.05) is 60.5 Å². The minimum Gasteiger partial charge on any atom is -0.396 e. The lowest BCUT2D eigenvalue weighted by atomic mass is 9.32. The Labute approximate surface area is 497 Å². The maximum absolute atomic E-state index is 14.5. The van der Waals surface area contributed by atoms with Gasteiger partial charge in [0, 0.05) is 69.6 Å². The second-order valence-corrected chi connectivity index (χ2v) is 31.8. The van der Waals surface area contributed by atoms with Crippen molar-refractivity contribution in [1.82, 2.24) is 25.3 Å². The maximum atomic E-state index is 14.5. The molecule has 0 aromatic rings. The van der Waals surface area contributed by atoms with Crippen molar-refractivity contribution in [2.75, 3.05) is 54.1 Å². The molecule has 0 aromatic carbocycles. The number of carbonyl (C=O) groups excluding carboxylic acids is 4. The van der Waals surface area contributed by atoms with Gasteiger partial charge in [0.15, 0.2) is 0 Å². The summed E-state index contributed by atoms with van der Waals surface area (Å²) in [5.74, 6) is -2.41. The quantitative estimate of drug-likeness (QED) is 0.0298. The molecule has 0 aromatic heterocycles. The first-order valence-corrected chi connectivity index (χ1v) is 34.6. The fourth-order valence-corrected chi connectivity index (χ4v) is 20.5. The number of likely N-dealkylation sites (N-methyl/N-ethyl adjacent to an activating group) is 2. The molecule has 6 rings (SSSR count). The van der Waals surface area contributed by atoms with Crippen LogP contribution in [-0.2, 0) is 37.4 Å². The number of aliphatic hydroxyl groups is 2. The second-order valence-electron chi connectivity index (χ2n) is 29.4. The van der Waals surface area contributed by atoms with Gasteiger partial charge >= 0.3 is 15.6 Å². The average Bonchev–Trinajstić information content (AvgIpc) is 1.53. The molecule has 0 spiro atoms. The van der Waals surface area contributed by atoms with Gasteiger partial charge in [-0.1, -0.05) is 102 Å². The number of nitrogens with one attached hydrogen (secondary N) is 2. The van der Waals surface area contributed by atoms with Gasteiger partial charge in [-0.15, -0.1) is 0 Å². The first-order valence-electron chi connectivity index (χ1n) is 31.6. The van der Waals surface area contributed by atoms with Crippen LogP contribution in [0.25, 0.3) is 0 Å². The van der Waals surface area contributed by atoms with Gasteiger partial charge in [0.05, 0.1) is 18.8 Å². The third-order valence-corrected chi connectivity index (χ3v) is 24.8. The number of amides is 4. The predicted octanol–water partition coefficient (Wildman–Crippen LogP) is 8.55. The van der Waals surface area contributed by atoms with E-state index in [1.165, 1.54) is 0 Å². The van der Waals surface area contributed by atoms with Crippen LogP contribution in [0.1, 0.15) is 179 Å². The van der Waals surface area contributed by atoms with Crippen molar-refractivity contribution in [2.24, 2.45) is 92.2 Å². The minimum atomic E-state index is -4.79. The van der Waals surface area contributed by atoms with Crippen LogP contribution < -0.4 is 10.6 Å². The van der Waals surface area contributed by atoms with E-state index in [4.69, 9.17) is 15.6 Å². The van der Waals surface area contributed by atoms with Crippen molar-refractivity contribution >= 4 is 39.3 Å². The van der Waals surface area contributed by atoms with Gasteiger partial charge in [0.1, 0.15) is 6.04 Å². The summed E-state index contributed by atoms with van der Waals surface area (Å²) < 4.78 is 35.5.